The zero-order valence-electron chi connectivity index (χ0n) is 17.4. The molecule has 2 aromatic heterocycles. The van der Waals surface area contributed by atoms with E-state index in [2.05, 4.69) is 31.4 Å². The van der Waals surface area contributed by atoms with Crippen LogP contribution in [0.3, 0.4) is 0 Å². The van der Waals surface area contributed by atoms with Gasteiger partial charge in [-0.25, -0.2) is 4.79 Å². The Balaban J connectivity index is 1.45. The third kappa shape index (κ3) is 5.70. The molecule has 4 rings (SSSR count). The molecule has 33 heavy (non-hydrogen) atoms. The Morgan fingerprint density at radius 1 is 1.12 bits per heavy atom. The van der Waals surface area contributed by atoms with Crippen molar-refractivity contribution in [2.45, 2.75) is 12.1 Å². The third-order valence-electron chi connectivity index (χ3n) is 4.41. The number of nitrogens with zero attached hydrogens (tertiary/aromatic N) is 2. The van der Waals surface area contributed by atoms with Gasteiger partial charge in [0.1, 0.15) is 10.6 Å². The van der Waals surface area contributed by atoms with Gasteiger partial charge in [-0.15, -0.1) is 21.5 Å². The van der Waals surface area contributed by atoms with Crippen LogP contribution < -0.4 is 5.32 Å². The molecule has 0 saturated carbocycles. The van der Waals surface area contributed by atoms with E-state index in [0.717, 1.165) is 32.9 Å². The molecule has 2 aromatic carbocycles. The number of esters is 1. The molecule has 0 spiro atoms. The number of carbonyl (C=O) groups is 2. The molecule has 10 heteroatoms. The fourth-order valence-corrected chi connectivity index (χ4v) is 4.92. The lowest BCUT2D eigenvalue weighted by molar-refractivity contribution is -0.113. The number of anilines is 1. The summed E-state index contributed by atoms with van der Waals surface area (Å²) >= 11 is 5.81. The van der Waals surface area contributed by atoms with Crippen LogP contribution >= 0.6 is 39.0 Å². The van der Waals surface area contributed by atoms with E-state index >= 15 is 0 Å². The van der Waals surface area contributed by atoms with Crippen LogP contribution in [0.15, 0.2) is 74.1 Å². The van der Waals surface area contributed by atoms with Crippen molar-refractivity contribution in [1.29, 1.82) is 0 Å². The number of hydrogen-bond acceptors (Lipinski definition) is 8. The summed E-state index contributed by atoms with van der Waals surface area (Å²) in [5, 5.41) is 13.4. The Labute approximate surface area is 206 Å². The number of rotatable bonds is 8. The summed E-state index contributed by atoms with van der Waals surface area (Å²) in [5.41, 5.74) is 2.72. The second-order valence-electron chi connectivity index (χ2n) is 6.66. The van der Waals surface area contributed by atoms with Crippen molar-refractivity contribution < 1.29 is 18.7 Å². The van der Waals surface area contributed by atoms with Crippen molar-refractivity contribution in [3.63, 3.8) is 0 Å². The van der Waals surface area contributed by atoms with E-state index in [9.17, 15) is 9.59 Å². The summed E-state index contributed by atoms with van der Waals surface area (Å²) in [4.78, 5) is 25.2. The van der Waals surface area contributed by atoms with Crippen LogP contribution in [0.2, 0.25) is 0 Å². The van der Waals surface area contributed by atoms with Gasteiger partial charge in [-0.2, -0.15) is 0 Å². The van der Waals surface area contributed by atoms with E-state index in [4.69, 9.17) is 9.15 Å². The van der Waals surface area contributed by atoms with Gasteiger partial charge in [-0.3, -0.25) is 4.79 Å². The van der Waals surface area contributed by atoms with E-state index in [1.807, 2.05) is 60.0 Å². The molecule has 1 amide bonds. The van der Waals surface area contributed by atoms with Crippen LogP contribution in [0.5, 0.6) is 0 Å². The first-order valence-electron chi connectivity index (χ1n) is 9.91. The quantitative estimate of drug-likeness (QED) is 0.211. The molecule has 0 aliphatic heterocycles. The van der Waals surface area contributed by atoms with Gasteiger partial charge in [-0.1, -0.05) is 64.1 Å². The lowest BCUT2D eigenvalue weighted by atomic mass is 10.0. The minimum atomic E-state index is -0.476. The summed E-state index contributed by atoms with van der Waals surface area (Å²) in [5.74, 6) is -0.360. The number of thioether (sulfide) groups is 1. The molecular weight excluding hydrogens is 526 g/mol. The van der Waals surface area contributed by atoms with E-state index in [0.29, 0.717) is 16.5 Å². The molecule has 1 N–H and O–H groups in total. The summed E-state index contributed by atoms with van der Waals surface area (Å²) in [6, 6.07) is 17.0. The second kappa shape index (κ2) is 10.8. The zero-order valence-corrected chi connectivity index (χ0v) is 20.6. The Hall–Kier alpha value is -2.95. The Morgan fingerprint density at radius 2 is 1.91 bits per heavy atom. The predicted molar refractivity (Wildman–Crippen MR) is 132 cm³/mol. The lowest BCUT2D eigenvalue weighted by Gasteiger charge is -2.08. The average molecular weight is 544 g/mol. The molecule has 0 unspecified atom stereocenters. The SMILES string of the molecule is CCOC(=O)c1c(-c2ccccc2)csc1NC(=O)CSc1nnc(-c2cccc(Br)c2)o1. The maximum absolute atomic E-state index is 12.6. The largest absolute Gasteiger partial charge is 0.462 e. The Morgan fingerprint density at radius 3 is 2.67 bits per heavy atom. The molecule has 0 atom stereocenters. The highest BCUT2D eigenvalue weighted by atomic mass is 79.9. The topological polar surface area (TPSA) is 94.3 Å². The van der Waals surface area contributed by atoms with Gasteiger partial charge in [0.15, 0.2) is 0 Å². The van der Waals surface area contributed by atoms with Crippen LogP contribution in [-0.4, -0.2) is 34.4 Å². The smallest absolute Gasteiger partial charge is 0.341 e. The molecular formula is C23H18BrN3O4S2. The first-order chi connectivity index (χ1) is 16.0. The van der Waals surface area contributed by atoms with Crippen molar-refractivity contribution in [3.8, 4) is 22.6 Å². The highest BCUT2D eigenvalue weighted by Crippen LogP contribution is 2.36. The van der Waals surface area contributed by atoms with Crippen molar-refractivity contribution in [2.75, 3.05) is 17.7 Å². The maximum atomic E-state index is 12.6. The monoisotopic (exact) mass is 543 g/mol. The summed E-state index contributed by atoms with van der Waals surface area (Å²) in [7, 11) is 0. The molecule has 0 saturated heterocycles. The lowest BCUT2D eigenvalue weighted by Crippen LogP contribution is -2.16. The summed E-state index contributed by atoms with van der Waals surface area (Å²) in [6.45, 7) is 1.98. The first kappa shape index (κ1) is 23.2. The van der Waals surface area contributed by atoms with Crippen molar-refractivity contribution >= 4 is 55.9 Å². The van der Waals surface area contributed by atoms with E-state index < -0.39 is 5.97 Å². The minimum Gasteiger partial charge on any atom is -0.462 e. The van der Waals surface area contributed by atoms with Crippen LogP contribution in [0.1, 0.15) is 17.3 Å². The molecule has 168 valence electrons. The van der Waals surface area contributed by atoms with Gasteiger partial charge in [0.05, 0.1) is 12.4 Å². The van der Waals surface area contributed by atoms with E-state index in [1.165, 1.54) is 11.3 Å². The third-order valence-corrected chi connectivity index (χ3v) is 6.62. The Kier molecular flexibility index (Phi) is 7.58. The average Bonchev–Trinajstić information content (AvgIpc) is 3.46. The van der Waals surface area contributed by atoms with Crippen LogP contribution in [0, 0.1) is 0 Å². The zero-order chi connectivity index (χ0) is 23.2. The van der Waals surface area contributed by atoms with Gasteiger partial charge in [-0.05, 0) is 30.7 Å². The number of hydrogen-bond donors (Lipinski definition) is 1. The van der Waals surface area contributed by atoms with Crippen LogP contribution in [-0.2, 0) is 9.53 Å². The fraction of sp³-hybridized carbons (Fsp3) is 0.130. The normalized spacial score (nSPS) is 10.7. The molecule has 0 aliphatic rings. The number of thiophene rings is 1. The molecule has 0 bridgehead atoms. The van der Waals surface area contributed by atoms with Crippen LogP contribution in [0.4, 0.5) is 5.00 Å². The number of halogens is 1. The number of ether oxygens (including phenoxy) is 1. The standard InChI is InChI=1S/C23H18BrN3O4S2/c1-2-30-22(29)19-17(14-7-4-3-5-8-14)12-32-21(19)25-18(28)13-33-23-27-26-20(31-23)15-9-6-10-16(24)11-15/h3-12H,2,13H2,1H3,(H,25,28). The van der Waals surface area contributed by atoms with E-state index in [-0.39, 0.29) is 23.5 Å². The molecule has 0 fully saturated rings. The summed E-state index contributed by atoms with van der Waals surface area (Å²) < 4.78 is 11.8. The van der Waals surface area contributed by atoms with Gasteiger partial charge in [0.2, 0.25) is 11.8 Å². The highest BCUT2D eigenvalue weighted by molar-refractivity contribution is 9.10. The van der Waals surface area contributed by atoms with Gasteiger partial charge in [0, 0.05) is 21.0 Å². The van der Waals surface area contributed by atoms with Crippen LogP contribution in [0.25, 0.3) is 22.6 Å². The first-order valence-corrected chi connectivity index (χ1v) is 12.6. The maximum Gasteiger partial charge on any atom is 0.341 e. The molecule has 4 aromatic rings. The van der Waals surface area contributed by atoms with Gasteiger partial charge >= 0.3 is 5.97 Å². The molecule has 2 heterocycles. The molecule has 0 radical (unpaired) electrons. The molecule has 7 nitrogen and oxygen atoms in total. The van der Waals surface area contributed by atoms with Gasteiger partial charge in [0.25, 0.3) is 5.22 Å². The van der Waals surface area contributed by atoms with Gasteiger partial charge < -0.3 is 14.5 Å². The van der Waals surface area contributed by atoms with Crippen molar-refractivity contribution in [1.82, 2.24) is 10.2 Å². The van der Waals surface area contributed by atoms with Crippen molar-refractivity contribution in [3.05, 3.63) is 70.0 Å². The number of nitrogens with one attached hydrogen (secondary N) is 1. The van der Waals surface area contributed by atoms with E-state index in [1.54, 1.807) is 6.92 Å². The summed E-state index contributed by atoms with van der Waals surface area (Å²) in [6.07, 6.45) is 0. The fourth-order valence-electron chi connectivity index (χ4n) is 2.98. The molecule has 0 aliphatic carbocycles. The minimum absolute atomic E-state index is 0.0426. The predicted octanol–water partition coefficient (Wildman–Crippen LogP) is 6.14. The number of carbonyl (C=O) groups excluding carboxylic acids is 2. The number of benzene rings is 2. The van der Waals surface area contributed by atoms with Crippen molar-refractivity contribution in [2.24, 2.45) is 0 Å². The highest BCUT2D eigenvalue weighted by Gasteiger charge is 2.23. The number of aromatic nitrogens is 2. The second-order valence-corrected chi connectivity index (χ2v) is 9.38. The number of amides is 1. The Bertz CT molecular complexity index is 1270.